The third-order valence-electron chi connectivity index (χ3n) is 6.58. The third-order valence-corrected chi connectivity index (χ3v) is 6.58. The number of aryl methyl sites for hydroxylation is 1. The number of ether oxygens (including phenoxy) is 1. The minimum Gasteiger partial charge on any atom is -0.444 e. The normalized spacial score (nSPS) is 22.8. The highest BCUT2D eigenvalue weighted by molar-refractivity contribution is 6.64. The average Bonchev–Trinajstić information content (AvgIpc) is 2.86. The van der Waals surface area contributed by atoms with Gasteiger partial charge in [0.1, 0.15) is 5.60 Å². The molecular weight excluding hydrogens is 407 g/mol. The van der Waals surface area contributed by atoms with Crippen LogP contribution in [0.25, 0.3) is 0 Å². The monoisotopic (exact) mass is 444 g/mol. The van der Waals surface area contributed by atoms with Crippen LogP contribution in [0.3, 0.4) is 0 Å². The number of benzene rings is 1. The molecule has 1 atom stereocenters. The summed E-state index contributed by atoms with van der Waals surface area (Å²) in [6, 6.07) is 5.55. The van der Waals surface area contributed by atoms with Gasteiger partial charge in [-0.2, -0.15) is 0 Å². The van der Waals surface area contributed by atoms with Crippen molar-refractivity contribution in [3.05, 3.63) is 29.3 Å². The molecule has 176 valence electrons. The Hall–Kier alpha value is -2.06. The predicted molar refractivity (Wildman–Crippen MR) is 125 cm³/mol. The summed E-state index contributed by atoms with van der Waals surface area (Å²) in [5.41, 5.74) is 0.777. The zero-order valence-electron chi connectivity index (χ0n) is 20.9. The van der Waals surface area contributed by atoms with E-state index in [0.717, 1.165) is 11.0 Å². The molecule has 0 aromatic heterocycles. The fourth-order valence-electron chi connectivity index (χ4n) is 4.05. The van der Waals surface area contributed by atoms with Crippen LogP contribution in [-0.4, -0.2) is 71.4 Å². The van der Waals surface area contributed by atoms with Crippen molar-refractivity contribution in [1.29, 1.82) is 0 Å². The molecule has 0 spiro atoms. The van der Waals surface area contributed by atoms with E-state index in [9.17, 15) is 9.59 Å². The Morgan fingerprint density at radius 1 is 1.09 bits per heavy atom. The van der Waals surface area contributed by atoms with Crippen molar-refractivity contribution in [1.82, 2.24) is 9.80 Å². The van der Waals surface area contributed by atoms with E-state index in [4.69, 9.17) is 14.0 Å². The average molecular weight is 444 g/mol. The molecular formula is C24H37BN2O5. The molecule has 2 fully saturated rings. The van der Waals surface area contributed by atoms with Crippen LogP contribution in [0.5, 0.6) is 0 Å². The molecule has 2 aliphatic rings. The van der Waals surface area contributed by atoms with E-state index < -0.39 is 23.9 Å². The van der Waals surface area contributed by atoms with Gasteiger partial charge in [-0.1, -0.05) is 17.7 Å². The first kappa shape index (κ1) is 24.6. The molecule has 0 saturated carbocycles. The number of carbonyl (C=O) groups is 2. The van der Waals surface area contributed by atoms with E-state index >= 15 is 0 Å². The van der Waals surface area contributed by atoms with Crippen LogP contribution >= 0.6 is 0 Å². The first-order valence-electron chi connectivity index (χ1n) is 11.4. The number of amides is 2. The van der Waals surface area contributed by atoms with Gasteiger partial charge in [0, 0.05) is 31.2 Å². The molecule has 32 heavy (non-hydrogen) atoms. The fourth-order valence-corrected chi connectivity index (χ4v) is 4.05. The minimum atomic E-state index is -0.612. The van der Waals surface area contributed by atoms with Crippen molar-refractivity contribution in [3.63, 3.8) is 0 Å². The SMILES string of the molecule is Cc1cccc(C(=O)N2CCN(C(=O)OC(C)(C)C)C[C@H]2C)c1B1OC(C)(C)C(C)(C)O1. The van der Waals surface area contributed by atoms with Crippen molar-refractivity contribution >= 4 is 24.6 Å². The van der Waals surface area contributed by atoms with Gasteiger partial charge in [0.05, 0.1) is 11.2 Å². The lowest BCUT2D eigenvalue weighted by Gasteiger charge is -2.40. The van der Waals surface area contributed by atoms with Crippen molar-refractivity contribution in [3.8, 4) is 0 Å². The zero-order valence-corrected chi connectivity index (χ0v) is 20.9. The summed E-state index contributed by atoms with van der Waals surface area (Å²) < 4.78 is 18.0. The number of nitrogens with zero attached hydrogens (tertiary/aromatic N) is 2. The lowest BCUT2D eigenvalue weighted by molar-refractivity contribution is 0.00578. The maximum absolute atomic E-state index is 13.6. The van der Waals surface area contributed by atoms with Crippen LogP contribution in [0.1, 0.15) is 71.3 Å². The van der Waals surface area contributed by atoms with Crippen LogP contribution in [0.4, 0.5) is 4.79 Å². The molecule has 2 heterocycles. The first-order chi connectivity index (χ1) is 14.6. The standard InChI is InChI=1S/C24H37BN2O5/c1-16-11-10-12-18(19(16)25-31-23(6,7)24(8,9)32-25)20(28)27-14-13-26(15-17(27)2)21(29)30-22(3,4)5/h10-12,17H,13-15H2,1-9H3/t17-/m1/s1. The lowest BCUT2D eigenvalue weighted by Crippen LogP contribution is -2.57. The Kier molecular flexibility index (Phi) is 6.44. The second-order valence-electron chi connectivity index (χ2n) is 10.9. The molecule has 7 nitrogen and oxygen atoms in total. The highest BCUT2D eigenvalue weighted by atomic mass is 16.7. The Morgan fingerprint density at radius 3 is 2.22 bits per heavy atom. The van der Waals surface area contributed by atoms with E-state index in [-0.39, 0.29) is 18.0 Å². The van der Waals surface area contributed by atoms with Crippen LogP contribution < -0.4 is 5.46 Å². The second kappa shape index (κ2) is 8.38. The van der Waals surface area contributed by atoms with Crippen molar-refractivity contribution in [2.45, 2.75) is 85.2 Å². The zero-order chi connectivity index (χ0) is 24.1. The number of hydrogen-bond acceptors (Lipinski definition) is 5. The van der Waals surface area contributed by atoms with Crippen molar-refractivity contribution in [2.75, 3.05) is 19.6 Å². The van der Waals surface area contributed by atoms with Crippen LogP contribution in [0, 0.1) is 6.92 Å². The van der Waals surface area contributed by atoms with Gasteiger partial charge in [0.25, 0.3) is 5.91 Å². The van der Waals surface area contributed by atoms with E-state index in [1.165, 1.54) is 0 Å². The Morgan fingerprint density at radius 2 is 1.69 bits per heavy atom. The highest BCUT2D eigenvalue weighted by Crippen LogP contribution is 2.37. The molecule has 0 N–H and O–H groups in total. The van der Waals surface area contributed by atoms with Gasteiger partial charge >= 0.3 is 13.2 Å². The van der Waals surface area contributed by atoms with Gasteiger partial charge in [-0.05, 0) is 73.8 Å². The van der Waals surface area contributed by atoms with Gasteiger partial charge in [0.2, 0.25) is 0 Å². The molecule has 2 amide bonds. The van der Waals surface area contributed by atoms with E-state index in [0.29, 0.717) is 25.2 Å². The largest absolute Gasteiger partial charge is 0.495 e. The molecule has 0 radical (unpaired) electrons. The Bertz CT molecular complexity index is 877. The Labute approximate surface area is 192 Å². The van der Waals surface area contributed by atoms with Crippen LogP contribution in [-0.2, 0) is 14.0 Å². The molecule has 0 unspecified atom stereocenters. The molecule has 8 heteroatoms. The topological polar surface area (TPSA) is 68.3 Å². The van der Waals surface area contributed by atoms with E-state index in [1.807, 2.05) is 85.4 Å². The number of rotatable bonds is 2. The van der Waals surface area contributed by atoms with E-state index in [1.54, 1.807) is 4.90 Å². The maximum atomic E-state index is 13.6. The van der Waals surface area contributed by atoms with Crippen molar-refractivity contribution < 1.29 is 23.6 Å². The van der Waals surface area contributed by atoms with Crippen LogP contribution in [0.15, 0.2) is 18.2 Å². The highest BCUT2D eigenvalue weighted by Gasteiger charge is 2.53. The molecule has 0 aliphatic carbocycles. The summed E-state index contributed by atoms with van der Waals surface area (Å²) in [4.78, 5) is 29.6. The quantitative estimate of drug-likeness (QED) is 0.655. The summed E-state index contributed by atoms with van der Waals surface area (Å²) >= 11 is 0. The predicted octanol–water partition coefficient (Wildman–Crippen LogP) is 3.38. The summed E-state index contributed by atoms with van der Waals surface area (Å²) in [7, 11) is -0.612. The summed E-state index contributed by atoms with van der Waals surface area (Å²) in [6.07, 6.45) is -0.343. The Balaban J connectivity index is 1.81. The maximum Gasteiger partial charge on any atom is 0.495 e. The van der Waals surface area contributed by atoms with Gasteiger partial charge in [0.15, 0.2) is 0 Å². The third kappa shape index (κ3) is 4.81. The number of hydrogen-bond donors (Lipinski definition) is 0. The summed E-state index contributed by atoms with van der Waals surface area (Å²) in [5, 5.41) is 0. The smallest absolute Gasteiger partial charge is 0.444 e. The van der Waals surface area contributed by atoms with Gasteiger partial charge in [-0.25, -0.2) is 4.79 Å². The molecule has 2 aliphatic heterocycles. The number of carbonyl (C=O) groups excluding carboxylic acids is 2. The molecule has 0 bridgehead atoms. The van der Waals surface area contributed by atoms with Gasteiger partial charge in [-0.15, -0.1) is 0 Å². The summed E-state index contributed by atoms with van der Waals surface area (Å²) in [5.74, 6) is -0.0743. The first-order valence-corrected chi connectivity index (χ1v) is 11.4. The van der Waals surface area contributed by atoms with Gasteiger partial charge < -0.3 is 23.8 Å². The molecule has 3 rings (SSSR count). The van der Waals surface area contributed by atoms with Crippen LogP contribution in [0.2, 0.25) is 0 Å². The lowest BCUT2D eigenvalue weighted by atomic mass is 9.73. The van der Waals surface area contributed by atoms with Crippen molar-refractivity contribution in [2.24, 2.45) is 0 Å². The van der Waals surface area contributed by atoms with E-state index in [2.05, 4.69) is 0 Å². The van der Waals surface area contributed by atoms with Gasteiger partial charge in [-0.3, -0.25) is 4.79 Å². The number of piperazine rings is 1. The fraction of sp³-hybridized carbons (Fsp3) is 0.667. The summed E-state index contributed by atoms with van der Waals surface area (Å²) in [6.45, 7) is 18.8. The minimum absolute atomic E-state index is 0.0743. The molecule has 2 saturated heterocycles. The molecule has 1 aromatic rings. The molecule has 1 aromatic carbocycles. The second-order valence-corrected chi connectivity index (χ2v) is 10.9.